The van der Waals surface area contributed by atoms with Crippen molar-refractivity contribution in [1.82, 2.24) is 15.6 Å². The highest BCUT2D eigenvalue weighted by Crippen LogP contribution is 2.21. The van der Waals surface area contributed by atoms with Crippen molar-refractivity contribution in [2.75, 3.05) is 13.2 Å². The van der Waals surface area contributed by atoms with Crippen LogP contribution in [0.5, 0.6) is 11.5 Å². The van der Waals surface area contributed by atoms with Crippen LogP contribution in [0.15, 0.2) is 42.6 Å². The lowest BCUT2D eigenvalue weighted by molar-refractivity contribution is -0.129. The minimum atomic E-state index is -0.368. The van der Waals surface area contributed by atoms with Gasteiger partial charge in [0, 0.05) is 18.8 Å². The number of aromatic nitrogens is 1. The average Bonchev–Trinajstić information content (AvgIpc) is 2.62. The van der Waals surface area contributed by atoms with Gasteiger partial charge in [0.25, 0.3) is 0 Å². The third-order valence-electron chi connectivity index (χ3n) is 3.88. The summed E-state index contributed by atoms with van der Waals surface area (Å²) in [6, 6.07) is 8.83. The van der Waals surface area contributed by atoms with Crippen LogP contribution >= 0.6 is 0 Å². The topological polar surface area (TPSA) is 72.5 Å². The Bertz CT molecular complexity index is 724. The van der Waals surface area contributed by atoms with E-state index in [1.165, 1.54) is 12.1 Å². The molecule has 0 bridgehead atoms. The highest BCUT2D eigenvalue weighted by molar-refractivity contribution is 5.82. The van der Waals surface area contributed by atoms with E-state index in [4.69, 9.17) is 9.47 Å². The Kier molecular flexibility index (Phi) is 5.57. The zero-order chi connectivity index (χ0) is 17.6. The highest BCUT2D eigenvalue weighted by atomic mass is 19.1. The molecule has 1 aromatic heterocycles. The summed E-state index contributed by atoms with van der Waals surface area (Å²) >= 11 is 0. The smallest absolute Gasteiger partial charge is 0.240 e. The van der Waals surface area contributed by atoms with Crippen LogP contribution in [0, 0.1) is 5.82 Å². The molecule has 2 heterocycles. The molecule has 1 aromatic carbocycles. The molecule has 0 saturated carbocycles. The first-order valence-electron chi connectivity index (χ1n) is 8.13. The molecule has 1 saturated heterocycles. The second kappa shape index (κ2) is 8.04. The number of nitrogens with one attached hydrogen (secondary N) is 2. The maximum Gasteiger partial charge on any atom is 0.240 e. The molecular formula is C18H20FN3O3. The molecule has 2 N–H and O–H groups in total. The molecule has 1 aliphatic rings. The second-order valence-corrected chi connectivity index (χ2v) is 5.76. The molecule has 2 atom stereocenters. The van der Waals surface area contributed by atoms with Gasteiger partial charge in [-0.2, -0.15) is 0 Å². The van der Waals surface area contributed by atoms with Crippen LogP contribution in [0.1, 0.15) is 12.6 Å². The predicted molar refractivity (Wildman–Crippen MR) is 89.8 cm³/mol. The zero-order valence-corrected chi connectivity index (χ0v) is 13.9. The third kappa shape index (κ3) is 4.74. The number of nitrogens with zero attached hydrogens (tertiary/aromatic N) is 1. The summed E-state index contributed by atoms with van der Waals surface area (Å²) in [7, 11) is 0. The summed E-state index contributed by atoms with van der Waals surface area (Å²) in [6.45, 7) is 3.41. The zero-order valence-electron chi connectivity index (χ0n) is 13.9. The summed E-state index contributed by atoms with van der Waals surface area (Å²) in [4.78, 5) is 16.5. The van der Waals surface area contributed by atoms with E-state index in [9.17, 15) is 9.18 Å². The Morgan fingerprint density at radius 1 is 1.36 bits per heavy atom. The number of hydrogen-bond donors (Lipinski definition) is 2. The number of pyridine rings is 1. The molecule has 0 aliphatic carbocycles. The summed E-state index contributed by atoms with van der Waals surface area (Å²) in [5, 5.41) is 5.99. The molecule has 3 rings (SSSR count). The number of hydrogen-bond acceptors (Lipinski definition) is 5. The van der Waals surface area contributed by atoms with Crippen molar-refractivity contribution in [3.63, 3.8) is 0 Å². The SMILES string of the molecule is C[C@H]1OCCN[C@@H]1C(=O)NCc1cc(Oc2ccc(F)cc2)ccn1. The Labute approximate surface area is 145 Å². The maximum atomic E-state index is 12.9. The summed E-state index contributed by atoms with van der Waals surface area (Å²) in [6.07, 6.45) is 1.43. The molecule has 1 aliphatic heterocycles. The average molecular weight is 345 g/mol. The van der Waals surface area contributed by atoms with E-state index in [-0.39, 0.29) is 30.4 Å². The summed E-state index contributed by atoms with van der Waals surface area (Å²) < 4.78 is 24.1. The van der Waals surface area contributed by atoms with Crippen molar-refractivity contribution in [1.29, 1.82) is 0 Å². The van der Waals surface area contributed by atoms with E-state index >= 15 is 0 Å². The van der Waals surface area contributed by atoms with Gasteiger partial charge in [0.1, 0.15) is 23.4 Å². The van der Waals surface area contributed by atoms with Gasteiger partial charge >= 0.3 is 0 Å². The Morgan fingerprint density at radius 2 is 2.16 bits per heavy atom. The van der Waals surface area contributed by atoms with E-state index in [1.807, 2.05) is 6.92 Å². The number of carbonyl (C=O) groups excluding carboxylic acids is 1. The van der Waals surface area contributed by atoms with Crippen LogP contribution in [0.2, 0.25) is 0 Å². The third-order valence-corrected chi connectivity index (χ3v) is 3.88. The van der Waals surface area contributed by atoms with Crippen LogP contribution in [-0.4, -0.2) is 36.2 Å². The number of halogens is 1. The highest BCUT2D eigenvalue weighted by Gasteiger charge is 2.27. The standard InChI is InChI=1S/C18H20FN3O3/c1-12-17(21-8-9-24-12)18(23)22-11-14-10-16(6-7-20-14)25-15-4-2-13(19)3-5-15/h2-7,10,12,17,21H,8-9,11H2,1H3,(H,22,23)/t12-,17+/m1/s1. The molecule has 7 heteroatoms. The molecular weight excluding hydrogens is 325 g/mol. The van der Waals surface area contributed by atoms with E-state index < -0.39 is 0 Å². The van der Waals surface area contributed by atoms with Crippen LogP contribution in [-0.2, 0) is 16.1 Å². The number of morpholine rings is 1. The van der Waals surface area contributed by atoms with Crippen LogP contribution in [0.25, 0.3) is 0 Å². The van der Waals surface area contributed by atoms with Crippen molar-refractivity contribution >= 4 is 5.91 Å². The molecule has 0 radical (unpaired) electrons. The van der Waals surface area contributed by atoms with Crippen LogP contribution in [0.4, 0.5) is 4.39 Å². The molecule has 0 spiro atoms. The molecule has 1 fully saturated rings. The molecule has 1 amide bonds. The van der Waals surface area contributed by atoms with Gasteiger partial charge in [-0.25, -0.2) is 4.39 Å². The van der Waals surface area contributed by atoms with E-state index in [2.05, 4.69) is 15.6 Å². The second-order valence-electron chi connectivity index (χ2n) is 5.76. The largest absolute Gasteiger partial charge is 0.457 e. The molecule has 25 heavy (non-hydrogen) atoms. The number of rotatable bonds is 5. The van der Waals surface area contributed by atoms with Crippen molar-refractivity contribution in [3.05, 3.63) is 54.1 Å². The van der Waals surface area contributed by atoms with E-state index in [0.717, 1.165) is 0 Å². The molecule has 132 valence electrons. The molecule has 6 nitrogen and oxygen atoms in total. The van der Waals surface area contributed by atoms with Crippen LogP contribution < -0.4 is 15.4 Å². The lowest BCUT2D eigenvalue weighted by Crippen LogP contribution is -2.55. The first kappa shape index (κ1) is 17.3. The molecule has 0 unspecified atom stereocenters. The first-order chi connectivity index (χ1) is 12.1. The number of ether oxygens (including phenoxy) is 2. The minimum absolute atomic E-state index is 0.126. The minimum Gasteiger partial charge on any atom is -0.457 e. The van der Waals surface area contributed by atoms with Gasteiger partial charge in [-0.15, -0.1) is 0 Å². The van der Waals surface area contributed by atoms with Gasteiger partial charge in [-0.05, 0) is 37.3 Å². The van der Waals surface area contributed by atoms with Crippen molar-refractivity contribution < 1.29 is 18.7 Å². The Morgan fingerprint density at radius 3 is 2.92 bits per heavy atom. The number of benzene rings is 1. The monoisotopic (exact) mass is 345 g/mol. The lowest BCUT2D eigenvalue weighted by atomic mass is 10.1. The van der Waals surface area contributed by atoms with Crippen molar-refractivity contribution in [2.45, 2.75) is 25.6 Å². The fourth-order valence-electron chi connectivity index (χ4n) is 2.57. The predicted octanol–water partition coefficient (Wildman–Crippen LogP) is 2.01. The van der Waals surface area contributed by atoms with Gasteiger partial charge in [0.15, 0.2) is 0 Å². The van der Waals surface area contributed by atoms with Crippen LogP contribution in [0.3, 0.4) is 0 Å². The van der Waals surface area contributed by atoms with Gasteiger partial charge in [-0.1, -0.05) is 0 Å². The maximum absolute atomic E-state index is 12.9. The quantitative estimate of drug-likeness (QED) is 0.867. The van der Waals surface area contributed by atoms with E-state index in [1.54, 1.807) is 30.5 Å². The molecule has 2 aromatic rings. The number of carbonyl (C=O) groups is 1. The first-order valence-corrected chi connectivity index (χ1v) is 8.13. The lowest BCUT2D eigenvalue weighted by Gasteiger charge is -2.29. The van der Waals surface area contributed by atoms with Gasteiger partial charge < -0.3 is 20.1 Å². The van der Waals surface area contributed by atoms with Gasteiger partial charge in [0.05, 0.1) is 24.9 Å². The summed E-state index contributed by atoms with van der Waals surface area (Å²) in [5.74, 6) is 0.650. The van der Waals surface area contributed by atoms with Gasteiger partial charge in [-0.3, -0.25) is 9.78 Å². The fraction of sp³-hybridized carbons (Fsp3) is 0.333. The fourth-order valence-corrected chi connectivity index (χ4v) is 2.57. The summed E-state index contributed by atoms with van der Waals surface area (Å²) in [5.41, 5.74) is 0.664. The van der Waals surface area contributed by atoms with Gasteiger partial charge in [0.2, 0.25) is 5.91 Å². The number of amides is 1. The van der Waals surface area contributed by atoms with Crippen molar-refractivity contribution in [2.24, 2.45) is 0 Å². The Balaban J connectivity index is 1.58. The normalized spacial score (nSPS) is 20.1. The Hall–Kier alpha value is -2.51. The van der Waals surface area contributed by atoms with Crippen molar-refractivity contribution in [3.8, 4) is 11.5 Å². The van der Waals surface area contributed by atoms with E-state index in [0.29, 0.717) is 30.3 Å².